The summed E-state index contributed by atoms with van der Waals surface area (Å²) in [5.41, 5.74) is 4.15. The lowest BCUT2D eigenvalue weighted by Gasteiger charge is -2.08. The normalized spacial score (nSPS) is 11.0. The molecule has 0 spiro atoms. The van der Waals surface area contributed by atoms with E-state index in [1.807, 2.05) is 12.1 Å². The average molecular weight is 416 g/mol. The van der Waals surface area contributed by atoms with Crippen LogP contribution in [-0.2, 0) is 4.79 Å². The molecule has 1 N–H and O–H groups in total. The number of benzene rings is 3. The van der Waals surface area contributed by atoms with E-state index in [0.29, 0.717) is 34.3 Å². The van der Waals surface area contributed by atoms with Crippen LogP contribution in [0, 0.1) is 0 Å². The summed E-state index contributed by atoms with van der Waals surface area (Å²) in [6.45, 7) is 4.22. The van der Waals surface area contributed by atoms with E-state index < -0.39 is 0 Å². The molecule has 158 valence electrons. The van der Waals surface area contributed by atoms with E-state index >= 15 is 0 Å². The lowest BCUT2D eigenvalue weighted by atomic mass is 10.0. The molecule has 0 fully saturated rings. The first-order valence-electron chi connectivity index (χ1n) is 10.1. The van der Waals surface area contributed by atoms with Gasteiger partial charge in [0.2, 0.25) is 5.89 Å². The number of aromatic nitrogens is 1. The summed E-state index contributed by atoms with van der Waals surface area (Å²) >= 11 is 0. The van der Waals surface area contributed by atoms with Gasteiger partial charge in [-0.05, 0) is 66.1 Å². The van der Waals surface area contributed by atoms with Crippen molar-refractivity contribution in [1.29, 1.82) is 0 Å². The molecule has 0 saturated heterocycles. The van der Waals surface area contributed by atoms with Gasteiger partial charge in [-0.15, -0.1) is 0 Å². The molecule has 0 saturated carbocycles. The van der Waals surface area contributed by atoms with Crippen molar-refractivity contribution in [1.82, 2.24) is 4.98 Å². The van der Waals surface area contributed by atoms with Crippen molar-refractivity contribution < 1.29 is 18.7 Å². The van der Waals surface area contributed by atoms with Gasteiger partial charge in [0.15, 0.2) is 12.2 Å². The predicted molar refractivity (Wildman–Crippen MR) is 121 cm³/mol. The minimum Gasteiger partial charge on any atom is -0.497 e. The summed E-state index contributed by atoms with van der Waals surface area (Å²) in [6, 6.07) is 20.6. The fourth-order valence-corrected chi connectivity index (χ4v) is 3.16. The zero-order chi connectivity index (χ0) is 21.8. The number of carbonyl (C=O) groups excluding carboxylic acids is 1. The molecule has 0 aliphatic carbocycles. The minimum absolute atomic E-state index is 0.101. The molecule has 4 rings (SSSR count). The van der Waals surface area contributed by atoms with Gasteiger partial charge in [0.1, 0.15) is 17.0 Å². The summed E-state index contributed by atoms with van der Waals surface area (Å²) in [5.74, 6) is 2.08. The molecule has 4 aromatic rings. The van der Waals surface area contributed by atoms with Crippen molar-refractivity contribution in [3.63, 3.8) is 0 Å². The van der Waals surface area contributed by atoms with Crippen LogP contribution in [0.1, 0.15) is 25.3 Å². The van der Waals surface area contributed by atoms with Crippen LogP contribution in [-0.4, -0.2) is 24.6 Å². The average Bonchev–Trinajstić information content (AvgIpc) is 3.21. The largest absolute Gasteiger partial charge is 0.497 e. The number of fused-ring (bicyclic) bond motifs is 1. The lowest BCUT2D eigenvalue weighted by molar-refractivity contribution is -0.118. The van der Waals surface area contributed by atoms with Crippen LogP contribution in [0.15, 0.2) is 71.1 Å². The maximum absolute atomic E-state index is 12.3. The van der Waals surface area contributed by atoms with Crippen LogP contribution in [0.5, 0.6) is 11.5 Å². The Morgan fingerprint density at radius 3 is 2.39 bits per heavy atom. The molecule has 0 bridgehead atoms. The second-order valence-corrected chi connectivity index (χ2v) is 7.49. The highest BCUT2D eigenvalue weighted by molar-refractivity contribution is 5.94. The predicted octanol–water partition coefficient (Wildman–Crippen LogP) is 5.64. The van der Waals surface area contributed by atoms with Crippen LogP contribution < -0.4 is 14.8 Å². The number of rotatable bonds is 7. The second-order valence-electron chi connectivity index (χ2n) is 7.49. The first-order valence-corrected chi connectivity index (χ1v) is 10.1. The van der Waals surface area contributed by atoms with Crippen LogP contribution in [0.3, 0.4) is 0 Å². The topological polar surface area (TPSA) is 73.6 Å². The number of carbonyl (C=O) groups is 1. The Labute approximate surface area is 180 Å². The van der Waals surface area contributed by atoms with E-state index in [9.17, 15) is 4.79 Å². The van der Waals surface area contributed by atoms with Gasteiger partial charge in [0, 0.05) is 11.3 Å². The second kappa shape index (κ2) is 8.92. The van der Waals surface area contributed by atoms with Gasteiger partial charge in [-0.25, -0.2) is 4.98 Å². The lowest BCUT2D eigenvalue weighted by Crippen LogP contribution is -2.20. The van der Waals surface area contributed by atoms with Crippen LogP contribution in [0.2, 0.25) is 0 Å². The molecule has 6 nitrogen and oxygen atoms in total. The van der Waals surface area contributed by atoms with Gasteiger partial charge < -0.3 is 19.2 Å². The quantitative estimate of drug-likeness (QED) is 0.422. The molecule has 0 aliphatic heterocycles. The van der Waals surface area contributed by atoms with E-state index in [2.05, 4.69) is 36.3 Å². The van der Waals surface area contributed by atoms with E-state index in [1.165, 1.54) is 5.56 Å². The van der Waals surface area contributed by atoms with Gasteiger partial charge in [0.05, 0.1) is 7.11 Å². The smallest absolute Gasteiger partial charge is 0.262 e. The summed E-state index contributed by atoms with van der Waals surface area (Å²) in [6.07, 6.45) is 0. The molecule has 1 amide bonds. The minimum atomic E-state index is -0.261. The van der Waals surface area contributed by atoms with Gasteiger partial charge in [-0.1, -0.05) is 26.0 Å². The SMILES string of the molecule is COc1ccc(OCC(=O)Nc2ccc3oc(-c4ccc(C(C)C)cc4)nc3c2)cc1. The molecular formula is C25H24N2O4. The van der Waals surface area contributed by atoms with E-state index in [4.69, 9.17) is 13.9 Å². The van der Waals surface area contributed by atoms with Gasteiger partial charge in [-0.3, -0.25) is 4.79 Å². The summed E-state index contributed by atoms with van der Waals surface area (Å²) in [7, 11) is 1.60. The van der Waals surface area contributed by atoms with E-state index in [0.717, 1.165) is 11.3 Å². The number of amides is 1. The monoisotopic (exact) mass is 416 g/mol. The summed E-state index contributed by atoms with van der Waals surface area (Å²) < 4.78 is 16.5. The number of methoxy groups -OCH3 is 1. The van der Waals surface area contributed by atoms with Crippen molar-refractivity contribution in [3.8, 4) is 23.0 Å². The Hall–Kier alpha value is -3.80. The van der Waals surface area contributed by atoms with Gasteiger partial charge >= 0.3 is 0 Å². The molecule has 3 aromatic carbocycles. The highest BCUT2D eigenvalue weighted by Gasteiger charge is 2.11. The van der Waals surface area contributed by atoms with Crippen LogP contribution >= 0.6 is 0 Å². The number of hydrogen-bond donors (Lipinski definition) is 1. The molecule has 0 unspecified atom stereocenters. The Bertz CT molecular complexity index is 1180. The molecule has 1 heterocycles. The Kier molecular flexibility index (Phi) is 5.89. The number of hydrogen-bond acceptors (Lipinski definition) is 5. The Balaban J connectivity index is 1.42. The Morgan fingerprint density at radius 2 is 1.71 bits per heavy atom. The van der Waals surface area contributed by atoms with Crippen molar-refractivity contribution in [2.75, 3.05) is 19.0 Å². The maximum atomic E-state index is 12.3. The molecule has 0 atom stereocenters. The summed E-state index contributed by atoms with van der Waals surface area (Å²) in [5, 5.41) is 2.83. The Morgan fingerprint density at radius 1 is 1.00 bits per heavy atom. The fourth-order valence-electron chi connectivity index (χ4n) is 3.16. The zero-order valence-corrected chi connectivity index (χ0v) is 17.7. The zero-order valence-electron chi connectivity index (χ0n) is 17.7. The molecule has 0 radical (unpaired) electrons. The molecule has 1 aromatic heterocycles. The van der Waals surface area contributed by atoms with E-state index in [1.54, 1.807) is 49.6 Å². The molecular weight excluding hydrogens is 392 g/mol. The first-order chi connectivity index (χ1) is 15.0. The van der Waals surface area contributed by atoms with Gasteiger partial charge in [0.25, 0.3) is 5.91 Å². The number of oxazole rings is 1. The molecule has 31 heavy (non-hydrogen) atoms. The van der Waals surface area contributed by atoms with Crippen molar-refractivity contribution in [2.24, 2.45) is 0 Å². The van der Waals surface area contributed by atoms with Gasteiger partial charge in [-0.2, -0.15) is 0 Å². The number of ether oxygens (including phenoxy) is 2. The number of nitrogens with one attached hydrogen (secondary N) is 1. The highest BCUT2D eigenvalue weighted by Crippen LogP contribution is 2.27. The number of nitrogens with zero attached hydrogens (tertiary/aromatic N) is 1. The maximum Gasteiger partial charge on any atom is 0.262 e. The third-order valence-electron chi connectivity index (χ3n) is 4.92. The summed E-state index contributed by atoms with van der Waals surface area (Å²) in [4.78, 5) is 16.8. The van der Waals surface area contributed by atoms with Crippen LogP contribution in [0.25, 0.3) is 22.6 Å². The number of anilines is 1. The van der Waals surface area contributed by atoms with E-state index in [-0.39, 0.29) is 12.5 Å². The van der Waals surface area contributed by atoms with Crippen molar-refractivity contribution in [3.05, 3.63) is 72.3 Å². The fraction of sp³-hybridized carbons (Fsp3) is 0.200. The first kappa shape index (κ1) is 20.5. The highest BCUT2D eigenvalue weighted by atomic mass is 16.5. The standard InChI is InChI=1S/C25H24N2O4/c1-16(2)17-4-6-18(7-5-17)25-27-22-14-19(8-13-23(22)31-25)26-24(28)15-30-21-11-9-20(29-3)10-12-21/h4-14,16H,15H2,1-3H3,(H,26,28). The van der Waals surface area contributed by atoms with Crippen molar-refractivity contribution >= 4 is 22.7 Å². The third kappa shape index (κ3) is 4.86. The van der Waals surface area contributed by atoms with Crippen LogP contribution in [0.4, 0.5) is 5.69 Å². The molecule has 6 heteroatoms. The molecule has 0 aliphatic rings. The van der Waals surface area contributed by atoms with Crippen molar-refractivity contribution in [2.45, 2.75) is 19.8 Å². The third-order valence-corrected chi connectivity index (χ3v) is 4.92.